The van der Waals surface area contributed by atoms with E-state index in [-0.39, 0.29) is 0 Å². The average molecular weight is 139 g/mol. The molecular weight excluding hydrogens is 122 g/mol. The molecule has 0 aliphatic carbocycles. The highest BCUT2D eigenvalue weighted by Gasteiger charge is 2.14. The van der Waals surface area contributed by atoms with Crippen LogP contribution in [0.4, 0.5) is 0 Å². The van der Waals surface area contributed by atoms with Gasteiger partial charge in [-0.2, -0.15) is 0 Å². The molecule has 0 spiro atoms. The maximum absolute atomic E-state index is 2.48. The Bertz CT molecular complexity index is 143. The minimum atomic E-state index is 1.18. The third-order valence-corrected chi connectivity index (χ3v) is 2.18. The summed E-state index contributed by atoms with van der Waals surface area (Å²) in [5.74, 6) is 0. The van der Waals surface area contributed by atoms with E-state index >= 15 is 0 Å². The lowest BCUT2D eigenvalue weighted by molar-refractivity contribution is 0.411. The van der Waals surface area contributed by atoms with E-state index < -0.39 is 0 Å². The van der Waals surface area contributed by atoms with Crippen molar-refractivity contribution < 1.29 is 0 Å². The Kier molecular flexibility index (Phi) is 2.36. The fourth-order valence-electron chi connectivity index (χ4n) is 1.65. The number of nitrogens with zero attached hydrogens (tertiary/aromatic N) is 1. The van der Waals surface area contributed by atoms with E-state index in [1.165, 1.54) is 31.5 Å². The first-order valence-corrected chi connectivity index (χ1v) is 4.17. The molecule has 10 heavy (non-hydrogen) atoms. The van der Waals surface area contributed by atoms with Crippen LogP contribution in [0.25, 0.3) is 0 Å². The lowest BCUT2D eigenvalue weighted by atomic mass is 10.2. The van der Waals surface area contributed by atoms with Crippen LogP contribution in [0.2, 0.25) is 0 Å². The fraction of sp³-hybridized carbons (Fsp3) is 0.778. The van der Waals surface area contributed by atoms with E-state index in [0.29, 0.717) is 0 Å². The molecule has 1 heterocycles. The normalized spacial score (nSPS) is 18.3. The molecule has 1 nitrogen and oxygen atoms in total. The molecule has 1 heteroatoms. The molecule has 0 aromatic heterocycles. The van der Waals surface area contributed by atoms with Crippen molar-refractivity contribution in [3.63, 3.8) is 0 Å². The zero-order valence-corrected chi connectivity index (χ0v) is 7.28. The van der Waals surface area contributed by atoms with Gasteiger partial charge in [-0.05, 0) is 33.6 Å². The predicted molar refractivity (Wildman–Crippen MR) is 44.9 cm³/mol. The summed E-state index contributed by atoms with van der Waals surface area (Å²) in [4.78, 5) is 2.48. The Morgan fingerprint density at radius 2 is 2.20 bits per heavy atom. The van der Waals surface area contributed by atoms with Crippen LogP contribution >= 0.6 is 0 Å². The minimum absolute atomic E-state index is 1.18. The summed E-state index contributed by atoms with van der Waals surface area (Å²) in [6.45, 7) is 9.11. The summed E-state index contributed by atoms with van der Waals surface area (Å²) < 4.78 is 0. The smallest absolute Gasteiger partial charge is 0.0178 e. The van der Waals surface area contributed by atoms with Crippen molar-refractivity contribution in [3.8, 4) is 0 Å². The molecule has 0 unspecified atom stereocenters. The van der Waals surface area contributed by atoms with E-state index in [1.807, 2.05) is 0 Å². The van der Waals surface area contributed by atoms with Crippen molar-refractivity contribution in [2.24, 2.45) is 0 Å². The predicted octanol–water partition coefficient (Wildman–Crippen LogP) is 2.40. The molecule has 1 rings (SSSR count). The summed E-state index contributed by atoms with van der Waals surface area (Å²) >= 11 is 0. The monoisotopic (exact) mass is 139 g/mol. The van der Waals surface area contributed by atoms with E-state index in [1.54, 1.807) is 5.70 Å². The molecule has 58 valence electrons. The molecule has 1 saturated heterocycles. The van der Waals surface area contributed by atoms with Crippen LogP contribution in [-0.2, 0) is 0 Å². The van der Waals surface area contributed by atoms with Gasteiger partial charge in [0.25, 0.3) is 0 Å². The zero-order chi connectivity index (χ0) is 7.56. The Balaban J connectivity index is 2.68. The van der Waals surface area contributed by atoms with Crippen LogP contribution in [-0.4, -0.2) is 18.0 Å². The van der Waals surface area contributed by atoms with E-state index in [9.17, 15) is 0 Å². The number of rotatable bonds is 1. The van der Waals surface area contributed by atoms with Gasteiger partial charge in [0.2, 0.25) is 0 Å². The number of hydrogen-bond donors (Lipinski definition) is 0. The molecule has 0 radical (unpaired) electrons. The number of hydrogen-bond acceptors (Lipinski definition) is 1. The second kappa shape index (κ2) is 3.09. The van der Waals surface area contributed by atoms with Gasteiger partial charge < -0.3 is 4.90 Å². The quantitative estimate of drug-likeness (QED) is 0.539. The highest BCUT2D eigenvalue weighted by atomic mass is 15.1. The maximum atomic E-state index is 2.48. The molecule has 0 amide bonds. The summed E-state index contributed by atoms with van der Waals surface area (Å²) in [7, 11) is 0. The molecule has 0 aromatic rings. The van der Waals surface area contributed by atoms with Crippen LogP contribution in [0.5, 0.6) is 0 Å². The molecule has 1 aliphatic rings. The first-order chi connectivity index (χ1) is 4.75. The van der Waals surface area contributed by atoms with E-state index in [4.69, 9.17) is 0 Å². The van der Waals surface area contributed by atoms with Gasteiger partial charge >= 0.3 is 0 Å². The number of likely N-dealkylation sites (tertiary alicyclic amines) is 1. The largest absolute Gasteiger partial charge is 0.375 e. The van der Waals surface area contributed by atoms with Gasteiger partial charge in [0.15, 0.2) is 0 Å². The molecule has 1 aliphatic heterocycles. The molecule has 0 aromatic carbocycles. The third-order valence-electron chi connectivity index (χ3n) is 2.18. The Hall–Kier alpha value is -0.460. The summed E-state index contributed by atoms with van der Waals surface area (Å²) in [6, 6.07) is 0. The second-order valence-electron chi connectivity index (χ2n) is 3.13. The van der Waals surface area contributed by atoms with Gasteiger partial charge in [-0.15, -0.1) is 0 Å². The van der Waals surface area contributed by atoms with Crippen LogP contribution in [0.15, 0.2) is 11.3 Å². The van der Waals surface area contributed by atoms with Crippen LogP contribution in [0.1, 0.15) is 33.6 Å². The molecule has 0 bridgehead atoms. The molecule has 0 N–H and O–H groups in total. The van der Waals surface area contributed by atoms with Gasteiger partial charge in [0, 0.05) is 18.8 Å². The lowest BCUT2D eigenvalue weighted by Crippen LogP contribution is -2.17. The molecule has 0 saturated carbocycles. The lowest BCUT2D eigenvalue weighted by Gasteiger charge is -2.18. The minimum Gasteiger partial charge on any atom is -0.375 e. The van der Waals surface area contributed by atoms with Crippen molar-refractivity contribution in [2.45, 2.75) is 33.6 Å². The Labute approximate surface area is 63.7 Å². The van der Waals surface area contributed by atoms with Gasteiger partial charge in [-0.1, -0.05) is 5.57 Å². The highest BCUT2D eigenvalue weighted by Crippen LogP contribution is 2.22. The molecule has 1 fully saturated rings. The van der Waals surface area contributed by atoms with Gasteiger partial charge in [0.05, 0.1) is 0 Å². The SMILES string of the molecule is CCN1CCCC1=C(C)C. The second-order valence-corrected chi connectivity index (χ2v) is 3.13. The van der Waals surface area contributed by atoms with Crippen molar-refractivity contribution in [1.82, 2.24) is 4.90 Å². The first-order valence-electron chi connectivity index (χ1n) is 4.17. The maximum Gasteiger partial charge on any atom is 0.0178 e. The Morgan fingerprint density at radius 1 is 1.50 bits per heavy atom. The molecular formula is C9H17N. The van der Waals surface area contributed by atoms with Crippen molar-refractivity contribution in [3.05, 3.63) is 11.3 Å². The summed E-state index contributed by atoms with van der Waals surface area (Å²) in [6.07, 6.45) is 2.66. The van der Waals surface area contributed by atoms with Gasteiger partial charge in [-0.3, -0.25) is 0 Å². The zero-order valence-electron chi connectivity index (χ0n) is 7.28. The van der Waals surface area contributed by atoms with E-state index in [0.717, 1.165) is 0 Å². The summed E-state index contributed by atoms with van der Waals surface area (Å²) in [5.41, 5.74) is 3.09. The van der Waals surface area contributed by atoms with Crippen molar-refractivity contribution in [1.29, 1.82) is 0 Å². The van der Waals surface area contributed by atoms with Crippen molar-refractivity contribution in [2.75, 3.05) is 13.1 Å². The van der Waals surface area contributed by atoms with Gasteiger partial charge in [0.1, 0.15) is 0 Å². The number of allylic oxidation sites excluding steroid dienone is 2. The van der Waals surface area contributed by atoms with Crippen LogP contribution < -0.4 is 0 Å². The van der Waals surface area contributed by atoms with E-state index in [2.05, 4.69) is 25.7 Å². The highest BCUT2D eigenvalue weighted by molar-refractivity contribution is 5.11. The Morgan fingerprint density at radius 3 is 2.60 bits per heavy atom. The van der Waals surface area contributed by atoms with Crippen molar-refractivity contribution >= 4 is 0 Å². The first kappa shape index (κ1) is 7.64. The third kappa shape index (κ3) is 1.34. The van der Waals surface area contributed by atoms with Gasteiger partial charge in [-0.25, -0.2) is 0 Å². The standard InChI is InChI=1S/C9H17N/c1-4-10-7-5-6-9(10)8(2)3/h4-7H2,1-3H3. The topological polar surface area (TPSA) is 3.24 Å². The molecule has 0 atom stereocenters. The van der Waals surface area contributed by atoms with Crippen LogP contribution in [0, 0.1) is 0 Å². The summed E-state index contributed by atoms with van der Waals surface area (Å²) in [5, 5.41) is 0. The van der Waals surface area contributed by atoms with Crippen LogP contribution in [0.3, 0.4) is 0 Å². The average Bonchev–Trinajstić information content (AvgIpc) is 2.33. The fourth-order valence-corrected chi connectivity index (χ4v) is 1.65.